The second-order valence-corrected chi connectivity index (χ2v) is 7.78. The molecule has 0 saturated heterocycles. The lowest BCUT2D eigenvalue weighted by molar-refractivity contribution is -0.129. The molecule has 1 aliphatic carbocycles. The van der Waals surface area contributed by atoms with E-state index in [1.54, 1.807) is 45.1 Å². The van der Waals surface area contributed by atoms with Crippen LogP contribution >= 0.6 is 0 Å². The van der Waals surface area contributed by atoms with Crippen LogP contribution in [0.2, 0.25) is 0 Å². The molecule has 10 nitrogen and oxygen atoms in total. The second kappa shape index (κ2) is 7.93. The number of fused-ring (bicyclic) bond motifs is 1. The van der Waals surface area contributed by atoms with Crippen molar-refractivity contribution >= 4 is 22.9 Å². The van der Waals surface area contributed by atoms with Crippen molar-refractivity contribution in [3.8, 4) is 5.88 Å². The molecule has 0 spiro atoms. The number of imidazole rings is 1. The van der Waals surface area contributed by atoms with Gasteiger partial charge in [-0.2, -0.15) is 0 Å². The van der Waals surface area contributed by atoms with E-state index < -0.39 is 0 Å². The number of amides is 1. The fraction of sp³-hybridized carbons (Fsp3) is 0.429. The number of methoxy groups -OCH3 is 1. The summed E-state index contributed by atoms with van der Waals surface area (Å²) < 4.78 is 10.4. The van der Waals surface area contributed by atoms with Crippen LogP contribution in [0, 0.1) is 0 Å². The van der Waals surface area contributed by atoms with E-state index in [9.17, 15) is 9.59 Å². The quantitative estimate of drug-likeness (QED) is 0.581. The number of hydrogen-bond donors (Lipinski definition) is 1. The molecule has 0 unspecified atom stereocenters. The van der Waals surface area contributed by atoms with Crippen LogP contribution in [-0.2, 0) is 18.3 Å². The van der Waals surface area contributed by atoms with E-state index in [1.165, 1.54) is 6.08 Å². The molecule has 0 radical (unpaired) electrons. The Labute approximate surface area is 179 Å². The predicted molar refractivity (Wildman–Crippen MR) is 117 cm³/mol. The van der Waals surface area contributed by atoms with Gasteiger partial charge in [0.25, 0.3) is 5.88 Å². The highest BCUT2D eigenvalue weighted by Crippen LogP contribution is 2.36. The van der Waals surface area contributed by atoms with Crippen LogP contribution < -0.4 is 15.7 Å². The predicted octanol–water partition coefficient (Wildman–Crippen LogP) is 1.89. The van der Waals surface area contributed by atoms with Gasteiger partial charge in [0, 0.05) is 44.3 Å². The minimum Gasteiger partial charge on any atom is -0.478 e. The topological polar surface area (TPSA) is 98.7 Å². The monoisotopic (exact) mass is 425 g/mol. The number of aryl methyl sites for hydroxylation is 2. The Morgan fingerprint density at radius 3 is 2.77 bits per heavy atom. The summed E-state index contributed by atoms with van der Waals surface area (Å²) in [5, 5.41) is 7.60. The molecule has 164 valence electrons. The highest BCUT2D eigenvalue weighted by molar-refractivity contribution is 5.87. The molecule has 3 heterocycles. The fourth-order valence-corrected chi connectivity index (χ4v) is 4.03. The van der Waals surface area contributed by atoms with E-state index >= 15 is 0 Å². The van der Waals surface area contributed by atoms with E-state index in [0.29, 0.717) is 42.2 Å². The van der Waals surface area contributed by atoms with E-state index in [1.807, 2.05) is 20.2 Å². The summed E-state index contributed by atoms with van der Waals surface area (Å²) >= 11 is 0. The third kappa shape index (κ3) is 3.47. The average Bonchev–Trinajstić information content (AvgIpc) is 3.32. The molecule has 1 amide bonds. The van der Waals surface area contributed by atoms with Crippen molar-refractivity contribution in [3.05, 3.63) is 47.4 Å². The smallest absolute Gasteiger partial charge is 0.334 e. The zero-order valence-electron chi connectivity index (χ0n) is 18.2. The zero-order chi connectivity index (χ0) is 22.3. The van der Waals surface area contributed by atoms with Crippen molar-refractivity contribution in [2.75, 3.05) is 19.5 Å². The van der Waals surface area contributed by atoms with Gasteiger partial charge in [0.05, 0.1) is 19.0 Å². The van der Waals surface area contributed by atoms with Crippen LogP contribution in [0.5, 0.6) is 5.88 Å². The Balaban J connectivity index is 1.73. The minimum atomic E-state index is -0.130. The van der Waals surface area contributed by atoms with Crippen molar-refractivity contribution in [2.45, 2.75) is 38.3 Å². The van der Waals surface area contributed by atoms with Gasteiger partial charge in [0.15, 0.2) is 5.65 Å². The maximum Gasteiger partial charge on any atom is 0.334 e. The molecular formula is C21H27N7O3. The lowest BCUT2D eigenvalue weighted by atomic mass is 9.85. The van der Waals surface area contributed by atoms with Gasteiger partial charge in [0.1, 0.15) is 5.69 Å². The van der Waals surface area contributed by atoms with Crippen LogP contribution in [0.1, 0.15) is 31.5 Å². The molecule has 0 aliphatic heterocycles. The molecule has 0 atom stereocenters. The van der Waals surface area contributed by atoms with Gasteiger partial charge in [0.2, 0.25) is 5.91 Å². The van der Waals surface area contributed by atoms with E-state index in [0.717, 1.165) is 5.69 Å². The second-order valence-electron chi connectivity index (χ2n) is 7.78. The summed E-state index contributed by atoms with van der Waals surface area (Å²) in [7, 11) is 5.14. The molecule has 0 aromatic carbocycles. The zero-order valence-corrected chi connectivity index (χ0v) is 18.2. The number of hydrogen-bond acceptors (Lipinski definition) is 6. The molecule has 1 fully saturated rings. The number of nitrogens with one attached hydrogen (secondary N) is 1. The number of carbonyl (C=O) groups excluding carboxylic acids is 1. The average molecular weight is 425 g/mol. The fourth-order valence-electron chi connectivity index (χ4n) is 4.03. The van der Waals surface area contributed by atoms with Gasteiger partial charge < -0.3 is 15.0 Å². The van der Waals surface area contributed by atoms with Crippen LogP contribution in [0.3, 0.4) is 0 Å². The van der Waals surface area contributed by atoms with Gasteiger partial charge in [-0.1, -0.05) is 13.5 Å². The number of rotatable bonds is 7. The van der Waals surface area contributed by atoms with Crippen molar-refractivity contribution < 1.29 is 9.53 Å². The molecule has 31 heavy (non-hydrogen) atoms. The maximum atomic E-state index is 13.3. The molecule has 0 bridgehead atoms. The first-order valence-corrected chi connectivity index (χ1v) is 10.2. The highest BCUT2D eigenvalue weighted by atomic mass is 16.5. The van der Waals surface area contributed by atoms with Crippen molar-refractivity contribution in [1.29, 1.82) is 0 Å². The molecule has 4 rings (SSSR count). The number of aromatic nitrogens is 5. The van der Waals surface area contributed by atoms with Crippen LogP contribution in [0.4, 0.5) is 11.4 Å². The first-order chi connectivity index (χ1) is 14.9. The van der Waals surface area contributed by atoms with Gasteiger partial charge in [-0.05, 0) is 25.3 Å². The summed E-state index contributed by atoms with van der Waals surface area (Å²) in [6.45, 7) is 5.54. The van der Waals surface area contributed by atoms with E-state index in [-0.39, 0.29) is 23.7 Å². The summed E-state index contributed by atoms with van der Waals surface area (Å²) in [5.74, 6) is 0.342. The number of anilines is 2. The maximum absolute atomic E-state index is 13.3. The van der Waals surface area contributed by atoms with Gasteiger partial charge in [-0.3, -0.25) is 14.0 Å². The third-order valence-corrected chi connectivity index (χ3v) is 5.93. The van der Waals surface area contributed by atoms with E-state index in [2.05, 4.69) is 22.0 Å². The molecule has 1 N–H and O–H groups in total. The van der Waals surface area contributed by atoms with Gasteiger partial charge in [-0.15, -0.1) is 5.10 Å². The summed E-state index contributed by atoms with van der Waals surface area (Å²) in [5.41, 5.74) is 2.63. The van der Waals surface area contributed by atoms with Crippen molar-refractivity contribution in [3.63, 3.8) is 0 Å². The first kappa shape index (κ1) is 20.7. The van der Waals surface area contributed by atoms with Crippen LogP contribution in [-0.4, -0.2) is 54.7 Å². The van der Waals surface area contributed by atoms with Gasteiger partial charge >= 0.3 is 5.69 Å². The summed E-state index contributed by atoms with van der Waals surface area (Å²) in [4.78, 5) is 31.4. The number of carbonyl (C=O) groups is 1. The molecule has 10 heteroatoms. The molecule has 1 aliphatic rings. The number of nitrogens with zero attached hydrogens (tertiary/aromatic N) is 6. The minimum absolute atomic E-state index is 0.00887. The molecule has 3 aromatic rings. The highest BCUT2D eigenvalue weighted by Gasteiger charge is 2.36. The van der Waals surface area contributed by atoms with E-state index in [4.69, 9.17) is 4.74 Å². The normalized spacial score (nSPS) is 17.9. The number of likely N-dealkylation sites (N-methyl/N-ethyl adjacent to an activating group) is 1. The Morgan fingerprint density at radius 1 is 1.39 bits per heavy atom. The summed E-state index contributed by atoms with van der Waals surface area (Å²) in [6.07, 6.45) is 8.73. The van der Waals surface area contributed by atoms with Crippen molar-refractivity contribution in [2.24, 2.45) is 7.05 Å². The largest absolute Gasteiger partial charge is 0.478 e. The third-order valence-electron chi connectivity index (χ3n) is 5.93. The Bertz CT molecular complexity index is 1200. The molecular weight excluding hydrogens is 398 g/mol. The lowest BCUT2D eigenvalue weighted by Gasteiger charge is -2.41. The van der Waals surface area contributed by atoms with Crippen LogP contribution in [0.15, 0.2) is 36.0 Å². The van der Waals surface area contributed by atoms with Gasteiger partial charge in [-0.25, -0.2) is 14.2 Å². The SMILES string of the molecule is C=CC(=O)N(C)C1CC(n2cc(Nc3cn(C)nc3OC)c3ncc(CC)n3c2=O)C1. The summed E-state index contributed by atoms with van der Waals surface area (Å²) in [6, 6.07) is 0.0757. The standard InChI is InChI=1S/C21H27N7O3/c1-6-13-10-22-19-16(23-17-11-25(3)24-20(17)31-5)12-27(21(30)28(13)19)15-8-14(9-15)26(4)18(29)7-2/h7,10-12,14-15,23H,2,6,8-9H2,1,3-5H3. The Hall–Kier alpha value is -3.56. The first-order valence-electron chi connectivity index (χ1n) is 10.2. The number of ether oxygens (including phenoxy) is 1. The Morgan fingerprint density at radius 2 is 2.13 bits per heavy atom. The molecule has 1 saturated carbocycles. The Kier molecular flexibility index (Phi) is 5.30. The lowest BCUT2D eigenvalue weighted by Crippen LogP contribution is -2.48. The molecule has 3 aromatic heterocycles. The van der Waals surface area contributed by atoms with Crippen molar-refractivity contribution in [1.82, 2.24) is 28.6 Å². The van der Waals surface area contributed by atoms with Crippen LogP contribution in [0.25, 0.3) is 5.65 Å².